The minimum atomic E-state index is -1.11. The smallest absolute Gasteiger partial charge is 0.147 e. The third-order valence-corrected chi connectivity index (χ3v) is 1.92. The van der Waals surface area contributed by atoms with E-state index in [4.69, 9.17) is 16.9 Å². The molecule has 2 nitrogen and oxygen atoms in total. The predicted octanol–water partition coefficient (Wildman–Crippen LogP) is 2.43. The zero-order valence-electron chi connectivity index (χ0n) is 6.67. The number of nitrogens with zero attached hydrogens (tertiary/aromatic N) is 1. The molecule has 0 saturated heterocycles. The molecule has 0 fully saturated rings. The Hall–Kier alpha value is -1.11. The van der Waals surface area contributed by atoms with Crippen molar-refractivity contribution in [2.24, 2.45) is 0 Å². The highest BCUT2D eigenvalue weighted by atomic mass is 35.5. The molecule has 0 heterocycles. The van der Waals surface area contributed by atoms with Gasteiger partial charge in [-0.3, -0.25) is 0 Å². The largest absolute Gasteiger partial charge is 0.387 e. The zero-order chi connectivity index (χ0) is 9.84. The summed E-state index contributed by atoms with van der Waals surface area (Å²) in [6.07, 6.45) is -1.25. The van der Waals surface area contributed by atoms with Crippen LogP contribution < -0.4 is 0 Å². The molecule has 1 rings (SSSR count). The molecular formula is C9H7ClFNO. The van der Waals surface area contributed by atoms with Crippen LogP contribution in [0.5, 0.6) is 0 Å². The second-order valence-electron chi connectivity index (χ2n) is 2.52. The van der Waals surface area contributed by atoms with Gasteiger partial charge in [-0.1, -0.05) is 23.7 Å². The van der Waals surface area contributed by atoms with Crippen LogP contribution in [0, 0.1) is 17.1 Å². The maximum absolute atomic E-state index is 13.2. The van der Waals surface area contributed by atoms with Gasteiger partial charge in [-0.25, -0.2) is 4.39 Å². The van der Waals surface area contributed by atoms with Crippen LogP contribution >= 0.6 is 11.6 Å². The highest BCUT2D eigenvalue weighted by Gasteiger charge is 2.13. The van der Waals surface area contributed by atoms with Gasteiger partial charge >= 0.3 is 0 Å². The summed E-state index contributed by atoms with van der Waals surface area (Å²) in [5, 5.41) is 17.6. The van der Waals surface area contributed by atoms with E-state index in [2.05, 4.69) is 0 Å². The molecule has 13 heavy (non-hydrogen) atoms. The van der Waals surface area contributed by atoms with E-state index < -0.39 is 11.9 Å². The number of benzene rings is 1. The highest BCUT2D eigenvalue weighted by Crippen LogP contribution is 2.24. The lowest BCUT2D eigenvalue weighted by atomic mass is 10.1. The van der Waals surface area contributed by atoms with Crippen molar-refractivity contribution in [3.05, 3.63) is 34.6 Å². The van der Waals surface area contributed by atoms with Crippen LogP contribution in [0.4, 0.5) is 4.39 Å². The van der Waals surface area contributed by atoms with Crippen LogP contribution in [-0.2, 0) is 0 Å². The van der Waals surface area contributed by atoms with Gasteiger partial charge in [0.05, 0.1) is 23.6 Å². The third kappa shape index (κ3) is 2.18. The van der Waals surface area contributed by atoms with E-state index in [9.17, 15) is 9.50 Å². The fourth-order valence-electron chi connectivity index (χ4n) is 0.974. The fraction of sp³-hybridized carbons (Fsp3) is 0.222. The normalized spacial score (nSPS) is 12.2. The van der Waals surface area contributed by atoms with E-state index in [0.717, 1.165) is 0 Å². The summed E-state index contributed by atoms with van der Waals surface area (Å²) >= 11 is 5.49. The van der Waals surface area contributed by atoms with Crippen LogP contribution in [-0.4, -0.2) is 5.11 Å². The summed E-state index contributed by atoms with van der Waals surface area (Å²) in [7, 11) is 0. The van der Waals surface area contributed by atoms with E-state index in [1.807, 2.05) is 0 Å². The molecule has 0 saturated carbocycles. The number of aliphatic hydroxyl groups excluding tert-OH is 1. The summed E-state index contributed by atoms with van der Waals surface area (Å²) in [5.74, 6) is -0.660. The molecule has 0 aliphatic rings. The van der Waals surface area contributed by atoms with E-state index >= 15 is 0 Å². The fourth-order valence-corrected chi connectivity index (χ4v) is 1.16. The van der Waals surface area contributed by atoms with Crippen LogP contribution in [0.2, 0.25) is 5.02 Å². The molecule has 1 unspecified atom stereocenters. The van der Waals surface area contributed by atoms with E-state index in [-0.39, 0.29) is 17.0 Å². The van der Waals surface area contributed by atoms with Crippen molar-refractivity contribution in [3.8, 4) is 6.07 Å². The molecule has 1 aromatic carbocycles. The van der Waals surface area contributed by atoms with Gasteiger partial charge in [-0.2, -0.15) is 5.26 Å². The first-order chi connectivity index (χ1) is 6.16. The van der Waals surface area contributed by atoms with Crippen molar-refractivity contribution < 1.29 is 9.50 Å². The van der Waals surface area contributed by atoms with Crippen molar-refractivity contribution >= 4 is 11.6 Å². The Bertz CT molecular complexity index is 348. The van der Waals surface area contributed by atoms with Gasteiger partial charge in [0.25, 0.3) is 0 Å². The van der Waals surface area contributed by atoms with Gasteiger partial charge in [0.2, 0.25) is 0 Å². The Morgan fingerprint density at radius 2 is 2.31 bits per heavy atom. The highest BCUT2D eigenvalue weighted by molar-refractivity contribution is 6.30. The average Bonchev–Trinajstić information content (AvgIpc) is 2.10. The third-order valence-electron chi connectivity index (χ3n) is 1.63. The van der Waals surface area contributed by atoms with E-state index in [0.29, 0.717) is 0 Å². The molecule has 1 N–H and O–H groups in total. The van der Waals surface area contributed by atoms with Gasteiger partial charge < -0.3 is 5.11 Å². The van der Waals surface area contributed by atoms with Crippen LogP contribution in [0.15, 0.2) is 18.2 Å². The molecule has 1 aromatic rings. The summed E-state index contributed by atoms with van der Waals surface area (Å²) in [6, 6.07) is 6.08. The van der Waals surface area contributed by atoms with Gasteiger partial charge in [0, 0.05) is 5.56 Å². The predicted molar refractivity (Wildman–Crippen MR) is 46.6 cm³/mol. The standard InChI is InChI=1S/C9H7ClFNO/c10-7-3-1-2-6(9(7)11)8(13)4-5-12/h1-3,8,13H,4H2. The Balaban J connectivity index is 3.02. The molecule has 0 aliphatic heterocycles. The molecule has 0 aliphatic carbocycles. The molecule has 0 aromatic heterocycles. The van der Waals surface area contributed by atoms with Crippen molar-refractivity contribution in [1.29, 1.82) is 5.26 Å². The molecule has 0 radical (unpaired) electrons. The Morgan fingerprint density at radius 1 is 1.62 bits per heavy atom. The average molecular weight is 200 g/mol. The minimum absolute atomic E-state index is 0.0468. The van der Waals surface area contributed by atoms with Crippen LogP contribution in [0.3, 0.4) is 0 Å². The molecule has 0 spiro atoms. The van der Waals surface area contributed by atoms with Crippen LogP contribution in [0.25, 0.3) is 0 Å². The summed E-state index contributed by atoms with van der Waals surface area (Å²) in [5.41, 5.74) is 0.0639. The lowest BCUT2D eigenvalue weighted by Gasteiger charge is -2.08. The molecule has 0 bridgehead atoms. The maximum atomic E-state index is 13.2. The molecule has 68 valence electrons. The van der Waals surface area contributed by atoms with E-state index in [1.165, 1.54) is 18.2 Å². The van der Waals surface area contributed by atoms with Gasteiger partial charge in [-0.15, -0.1) is 0 Å². The lowest BCUT2D eigenvalue weighted by molar-refractivity contribution is 0.178. The van der Waals surface area contributed by atoms with Crippen molar-refractivity contribution in [1.82, 2.24) is 0 Å². The first kappa shape index (κ1) is 9.97. The van der Waals surface area contributed by atoms with Crippen LogP contribution in [0.1, 0.15) is 18.1 Å². The second-order valence-corrected chi connectivity index (χ2v) is 2.93. The first-order valence-corrected chi connectivity index (χ1v) is 4.03. The second kappa shape index (κ2) is 4.22. The maximum Gasteiger partial charge on any atom is 0.147 e. The molecule has 0 amide bonds. The Kier molecular flexibility index (Phi) is 3.24. The zero-order valence-corrected chi connectivity index (χ0v) is 7.42. The van der Waals surface area contributed by atoms with Gasteiger partial charge in [0.1, 0.15) is 5.82 Å². The topological polar surface area (TPSA) is 44.0 Å². The Morgan fingerprint density at radius 3 is 2.92 bits per heavy atom. The van der Waals surface area contributed by atoms with Crippen molar-refractivity contribution in [2.75, 3.05) is 0 Å². The summed E-state index contributed by atoms with van der Waals surface area (Å²) in [4.78, 5) is 0. The number of nitriles is 1. The van der Waals surface area contributed by atoms with Gasteiger partial charge in [-0.05, 0) is 6.07 Å². The number of hydrogen-bond acceptors (Lipinski definition) is 2. The number of hydrogen-bond donors (Lipinski definition) is 1. The Labute approximate surface area is 80.2 Å². The first-order valence-electron chi connectivity index (χ1n) is 3.65. The quantitative estimate of drug-likeness (QED) is 0.795. The SMILES string of the molecule is N#CCC(O)c1cccc(Cl)c1F. The lowest BCUT2D eigenvalue weighted by Crippen LogP contribution is -1.99. The summed E-state index contributed by atoms with van der Waals surface area (Å²) in [6.45, 7) is 0. The monoisotopic (exact) mass is 199 g/mol. The van der Waals surface area contributed by atoms with Gasteiger partial charge in [0.15, 0.2) is 0 Å². The van der Waals surface area contributed by atoms with E-state index in [1.54, 1.807) is 6.07 Å². The number of rotatable bonds is 2. The van der Waals surface area contributed by atoms with Crippen molar-refractivity contribution in [2.45, 2.75) is 12.5 Å². The number of halogens is 2. The summed E-state index contributed by atoms with van der Waals surface area (Å²) < 4.78 is 13.2. The molecule has 1 atom stereocenters. The molecular weight excluding hydrogens is 193 g/mol. The number of aliphatic hydroxyl groups is 1. The minimum Gasteiger partial charge on any atom is -0.387 e. The molecule has 4 heteroatoms. The van der Waals surface area contributed by atoms with Crippen molar-refractivity contribution in [3.63, 3.8) is 0 Å².